The molecule has 0 amide bonds. The summed E-state index contributed by atoms with van der Waals surface area (Å²) in [6, 6.07) is 23.8. The lowest BCUT2D eigenvalue weighted by molar-refractivity contribution is 0.104. The summed E-state index contributed by atoms with van der Waals surface area (Å²) < 4.78 is 13.1. The van der Waals surface area contributed by atoms with Crippen LogP contribution in [0.2, 0.25) is 0 Å². The molecule has 0 atom stereocenters. The van der Waals surface area contributed by atoms with E-state index in [0.29, 0.717) is 11.3 Å². The number of aromatic nitrogens is 1. The molecule has 3 aromatic carbocycles. The summed E-state index contributed by atoms with van der Waals surface area (Å²) in [6.07, 6.45) is 3.23. The second kappa shape index (κ2) is 7.57. The van der Waals surface area contributed by atoms with E-state index in [1.54, 1.807) is 18.2 Å². The molecule has 0 spiro atoms. The number of halogens is 1. The van der Waals surface area contributed by atoms with Crippen molar-refractivity contribution in [1.29, 1.82) is 0 Å². The average Bonchev–Trinajstić information content (AvgIpc) is 2.72. The highest BCUT2D eigenvalue weighted by molar-refractivity contribution is 6.16. The van der Waals surface area contributed by atoms with Crippen LogP contribution >= 0.6 is 0 Å². The standard InChI is InChI=1S/C25H18FNO/c1-17-24(23(28)16-13-18-11-14-20(26)15-12-18)25(19-7-3-2-4-8-19)21-9-5-6-10-22(21)27-17/h2-16H,1H3/b16-13+. The molecule has 0 saturated carbocycles. The number of ketones is 1. The number of benzene rings is 3. The fraction of sp³-hybridized carbons (Fsp3) is 0.0400. The first-order valence-corrected chi connectivity index (χ1v) is 9.06. The highest BCUT2D eigenvalue weighted by atomic mass is 19.1. The molecule has 0 fully saturated rings. The fourth-order valence-electron chi connectivity index (χ4n) is 3.37. The highest BCUT2D eigenvalue weighted by Crippen LogP contribution is 2.33. The van der Waals surface area contributed by atoms with Gasteiger partial charge in [0.15, 0.2) is 5.78 Å². The third-order valence-corrected chi connectivity index (χ3v) is 4.68. The van der Waals surface area contributed by atoms with E-state index in [4.69, 9.17) is 0 Å². The second-order valence-corrected chi connectivity index (χ2v) is 6.58. The summed E-state index contributed by atoms with van der Waals surface area (Å²) in [5.41, 5.74) is 4.76. The second-order valence-electron chi connectivity index (χ2n) is 6.58. The van der Waals surface area contributed by atoms with E-state index in [1.807, 2.05) is 61.5 Å². The minimum atomic E-state index is -0.301. The van der Waals surface area contributed by atoms with Crippen molar-refractivity contribution in [3.05, 3.63) is 108 Å². The number of carbonyl (C=O) groups is 1. The molecule has 4 aromatic rings. The van der Waals surface area contributed by atoms with Crippen LogP contribution in [0.25, 0.3) is 28.1 Å². The number of nitrogens with zero attached hydrogens (tertiary/aromatic N) is 1. The van der Waals surface area contributed by atoms with Crippen LogP contribution in [-0.4, -0.2) is 10.8 Å². The van der Waals surface area contributed by atoms with Gasteiger partial charge in [0.05, 0.1) is 11.1 Å². The first kappa shape index (κ1) is 17.8. The third kappa shape index (κ3) is 3.47. The molecule has 136 valence electrons. The minimum absolute atomic E-state index is 0.126. The van der Waals surface area contributed by atoms with E-state index in [2.05, 4.69) is 4.98 Å². The van der Waals surface area contributed by atoms with Crippen molar-refractivity contribution in [2.24, 2.45) is 0 Å². The summed E-state index contributed by atoms with van der Waals surface area (Å²) in [4.78, 5) is 17.8. The lowest BCUT2D eigenvalue weighted by Crippen LogP contribution is -2.05. The number of carbonyl (C=O) groups excluding carboxylic acids is 1. The van der Waals surface area contributed by atoms with Gasteiger partial charge in [0.1, 0.15) is 5.82 Å². The zero-order valence-corrected chi connectivity index (χ0v) is 15.4. The van der Waals surface area contributed by atoms with Crippen LogP contribution in [0.4, 0.5) is 4.39 Å². The van der Waals surface area contributed by atoms with Crippen molar-refractivity contribution >= 4 is 22.8 Å². The van der Waals surface area contributed by atoms with Gasteiger partial charge in [-0.15, -0.1) is 0 Å². The third-order valence-electron chi connectivity index (χ3n) is 4.68. The highest BCUT2D eigenvalue weighted by Gasteiger charge is 2.18. The van der Waals surface area contributed by atoms with Crippen molar-refractivity contribution < 1.29 is 9.18 Å². The van der Waals surface area contributed by atoms with Gasteiger partial charge in [-0.3, -0.25) is 9.78 Å². The van der Waals surface area contributed by atoms with Crippen LogP contribution < -0.4 is 0 Å². The molecule has 2 nitrogen and oxygen atoms in total. The molecule has 0 unspecified atom stereocenters. The van der Waals surface area contributed by atoms with Crippen molar-refractivity contribution in [3.63, 3.8) is 0 Å². The van der Waals surface area contributed by atoms with Gasteiger partial charge >= 0.3 is 0 Å². The molecular weight excluding hydrogens is 349 g/mol. The molecule has 3 heteroatoms. The van der Waals surface area contributed by atoms with Gasteiger partial charge < -0.3 is 0 Å². The Kier molecular flexibility index (Phi) is 4.81. The Labute approximate surface area is 163 Å². The maximum Gasteiger partial charge on any atom is 0.188 e. The van der Waals surface area contributed by atoms with Crippen LogP contribution in [0.1, 0.15) is 21.6 Å². The van der Waals surface area contributed by atoms with Crippen molar-refractivity contribution in [1.82, 2.24) is 4.98 Å². The maximum absolute atomic E-state index is 13.1. The van der Waals surface area contributed by atoms with Gasteiger partial charge in [0, 0.05) is 16.6 Å². The predicted octanol–water partition coefficient (Wildman–Crippen LogP) is 6.25. The van der Waals surface area contributed by atoms with Crippen molar-refractivity contribution in [2.75, 3.05) is 0 Å². The molecule has 0 N–H and O–H groups in total. The van der Waals surface area contributed by atoms with Crippen LogP contribution in [0.3, 0.4) is 0 Å². The fourth-order valence-corrected chi connectivity index (χ4v) is 3.37. The van der Waals surface area contributed by atoms with Crippen molar-refractivity contribution in [2.45, 2.75) is 6.92 Å². The van der Waals surface area contributed by atoms with E-state index < -0.39 is 0 Å². The normalized spacial score (nSPS) is 11.2. The average molecular weight is 367 g/mol. The number of pyridine rings is 1. The van der Waals surface area contributed by atoms with E-state index in [9.17, 15) is 9.18 Å². The molecule has 0 aliphatic carbocycles. The Bertz CT molecular complexity index is 1180. The van der Waals surface area contributed by atoms with Gasteiger partial charge in [-0.1, -0.05) is 66.7 Å². The molecular formula is C25H18FNO. The van der Waals surface area contributed by atoms with Crippen molar-refractivity contribution in [3.8, 4) is 11.1 Å². The summed E-state index contributed by atoms with van der Waals surface area (Å²) >= 11 is 0. The number of para-hydroxylation sites is 1. The summed E-state index contributed by atoms with van der Waals surface area (Å²) in [5.74, 6) is -0.427. The van der Waals surface area contributed by atoms with E-state index in [-0.39, 0.29) is 11.6 Å². The molecule has 4 rings (SSSR count). The number of rotatable bonds is 4. The van der Waals surface area contributed by atoms with Gasteiger partial charge in [0.2, 0.25) is 0 Å². The summed E-state index contributed by atoms with van der Waals surface area (Å²) in [6.45, 7) is 1.86. The number of hydrogen-bond acceptors (Lipinski definition) is 2. The zero-order valence-electron chi connectivity index (χ0n) is 15.4. The van der Waals surface area contributed by atoms with Crippen LogP contribution in [0.15, 0.2) is 84.9 Å². The Balaban J connectivity index is 1.87. The smallest absolute Gasteiger partial charge is 0.188 e. The number of allylic oxidation sites excluding steroid dienone is 1. The van der Waals surface area contributed by atoms with Gasteiger partial charge in [-0.25, -0.2) is 4.39 Å². The molecule has 0 aliphatic rings. The Morgan fingerprint density at radius 2 is 1.57 bits per heavy atom. The van der Waals surface area contributed by atoms with Gasteiger partial charge in [-0.2, -0.15) is 0 Å². The van der Waals surface area contributed by atoms with Gasteiger partial charge in [0.25, 0.3) is 0 Å². The van der Waals surface area contributed by atoms with Gasteiger partial charge in [-0.05, 0) is 42.3 Å². The molecule has 1 aromatic heterocycles. The first-order chi connectivity index (χ1) is 13.6. The molecule has 28 heavy (non-hydrogen) atoms. The molecule has 0 radical (unpaired) electrons. The van der Waals surface area contributed by atoms with Crippen LogP contribution in [0.5, 0.6) is 0 Å². The topological polar surface area (TPSA) is 30.0 Å². The molecule has 0 bridgehead atoms. The SMILES string of the molecule is Cc1nc2ccccc2c(-c2ccccc2)c1C(=O)/C=C/c1ccc(F)cc1. The van der Waals surface area contributed by atoms with E-state index in [1.165, 1.54) is 18.2 Å². The lowest BCUT2D eigenvalue weighted by Gasteiger charge is -2.14. The minimum Gasteiger partial charge on any atom is -0.289 e. The number of aryl methyl sites for hydroxylation is 1. The number of fused-ring (bicyclic) bond motifs is 1. The van der Waals surface area contributed by atoms with Crippen LogP contribution in [0, 0.1) is 12.7 Å². The first-order valence-electron chi connectivity index (χ1n) is 9.06. The van der Waals surface area contributed by atoms with Crippen LogP contribution in [-0.2, 0) is 0 Å². The summed E-state index contributed by atoms with van der Waals surface area (Å²) in [7, 11) is 0. The maximum atomic E-state index is 13.1. The largest absolute Gasteiger partial charge is 0.289 e. The Morgan fingerprint density at radius 3 is 2.32 bits per heavy atom. The quantitative estimate of drug-likeness (QED) is 0.315. The molecule has 0 aliphatic heterocycles. The predicted molar refractivity (Wildman–Crippen MR) is 112 cm³/mol. The zero-order chi connectivity index (χ0) is 19.5. The Hall–Kier alpha value is -3.59. The van der Waals surface area contributed by atoms with E-state index >= 15 is 0 Å². The lowest BCUT2D eigenvalue weighted by atomic mass is 9.92. The molecule has 1 heterocycles. The Morgan fingerprint density at radius 1 is 0.893 bits per heavy atom. The summed E-state index contributed by atoms with van der Waals surface area (Å²) in [5, 5.41) is 0.942. The van der Waals surface area contributed by atoms with E-state index in [0.717, 1.165) is 27.6 Å². The monoisotopic (exact) mass is 367 g/mol. The molecule has 0 saturated heterocycles. The number of hydrogen-bond donors (Lipinski definition) is 0.